The van der Waals surface area contributed by atoms with Gasteiger partial charge < -0.3 is 15.4 Å². The van der Waals surface area contributed by atoms with Crippen LogP contribution in [-0.4, -0.2) is 31.6 Å². The fourth-order valence-electron chi connectivity index (χ4n) is 2.86. The molecule has 1 aliphatic carbocycles. The molecule has 1 amide bonds. The van der Waals surface area contributed by atoms with Crippen molar-refractivity contribution in [2.24, 2.45) is 11.8 Å². The van der Waals surface area contributed by atoms with Crippen LogP contribution in [0.5, 0.6) is 5.75 Å². The summed E-state index contributed by atoms with van der Waals surface area (Å²) in [5.41, 5.74) is 1.17. The molecule has 1 aliphatic heterocycles. The summed E-state index contributed by atoms with van der Waals surface area (Å²) in [6, 6.07) is 8.30. The summed E-state index contributed by atoms with van der Waals surface area (Å²) in [4.78, 5) is 11.8. The van der Waals surface area contributed by atoms with Gasteiger partial charge >= 0.3 is 0 Å². The number of nitrogens with one attached hydrogen (secondary N) is 2. The third-order valence-corrected chi connectivity index (χ3v) is 4.01. The van der Waals surface area contributed by atoms with E-state index in [1.165, 1.54) is 5.56 Å². The van der Waals surface area contributed by atoms with Crippen molar-refractivity contribution in [1.29, 1.82) is 0 Å². The van der Waals surface area contributed by atoms with E-state index in [0.717, 1.165) is 18.8 Å². The average Bonchev–Trinajstić information content (AvgIpc) is 2.83. The van der Waals surface area contributed by atoms with Crippen LogP contribution >= 0.6 is 12.4 Å². The van der Waals surface area contributed by atoms with Gasteiger partial charge in [-0.15, -0.1) is 12.4 Å². The van der Waals surface area contributed by atoms with Crippen molar-refractivity contribution in [1.82, 2.24) is 10.6 Å². The summed E-state index contributed by atoms with van der Waals surface area (Å²) < 4.78 is 5.58. The maximum atomic E-state index is 11.8. The van der Waals surface area contributed by atoms with Gasteiger partial charge in [0.25, 0.3) is 0 Å². The summed E-state index contributed by atoms with van der Waals surface area (Å²) in [7, 11) is 0. The minimum Gasteiger partial charge on any atom is -0.493 e. The molecular weight excluding hydrogens is 276 g/mol. The molecule has 0 aromatic heterocycles. The average molecular weight is 297 g/mol. The molecule has 20 heavy (non-hydrogen) atoms. The molecule has 2 aliphatic rings. The Morgan fingerprint density at radius 2 is 2.15 bits per heavy atom. The normalized spacial score (nSPS) is 26.4. The number of amides is 1. The van der Waals surface area contributed by atoms with E-state index in [9.17, 15) is 4.79 Å². The van der Waals surface area contributed by atoms with Crippen molar-refractivity contribution < 1.29 is 9.53 Å². The maximum Gasteiger partial charge on any atom is 0.223 e. The molecule has 1 aromatic rings. The van der Waals surface area contributed by atoms with Gasteiger partial charge in [0, 0.05) is 19.1 Å². The van der Waals surface area contributed by atoms with Crippen LogP contribution < -0.4 is 15.4 Å². The Bertz CT molecular complexity index is 471. The second-order valence-corrected chi connectivity index (χ2v) is 5.49. The number of carbonyl (C=O) groups excluding carboxylic acids is 1. The first kappa shape index (κ1) is 15.1. The molecule has 2 fully saturated rings. The molecule has 1 heterocycles. The van der Waals surface area contributed by atoms with Crippen LogP contribution in [0.1, 0.15) is 12.0 Å². The highest BCUT2D eigenvalue weighted by Crippen LogP contribution is 2.41. The Balaban J connectivity index is 0.00000147. The van der Waals surface area contributed by atoms with Crippen LogP contribution in [0.4, 0.5) is 0 Å². The van der Waals surface area contributed by atoms with Crippen molar-refractivity contribution in [2.45, 2.75) is 19.4 Å². The van der Waals surface area contributed by atoms with Crippen molar-refractivity contribution in [2.75, 3.05) is 19.7 Å². The Kier molecular flexibility index (Phi) is 4.89. The first-order valence-electron chi connectivity index (χ1n) is 6.93. The Morgan fingerprint density at radius 3 is 2.85 bits per heavy atom. The SMILES string of the molecule is Cc1cccc(OCCC(=O)NC2C3CNCC32)c1.Cl. The molecule has 4 nitrogen and oxygen atoms in total. The van der Waals surface area contributed by atoms with Gasteiger partial charge in [-0.1, -0.05) is 12.1 Å². The summed E-state index contributed by atoms with van der Waals surface area (Å²) in [5.74, 6) is 2.27. The van der Waals surface area contributed by atoms with E-state index < -0.39 is 0 Å². The van der Waals surface area contributed by atoms with Crippen LogP contribution in [0.25, 0.3) is 0 Å². The zero-order valence-electron chi connectivity index (χ0n) is 11.6. The summed E-state index contributed by atoms with van der Waals surface area (Å²) in [5, 5.41) is 6.41. The van der Waals surface area contributed by atoms with Crippen LogP contribution in [0.3, 0.4) is 0 Å². The smallest absolute Gasteiger partial charge is 0.223 e. The standard InChI is InChI=1S/C15H20N2O2.ClH/c1-10-3-2-4-11(7-10)19-6-5-14(18)17-15-12-8-16-9-13(12)15;/h2-4,7,12-13,15-16H,5-6,8-9H2,1H3,(H,17,18);1H. The highest BCUT2D eigenvalue weighted by atomic mass is 35.5. The highest BCUT2D eigenvalue weighted by molar-refractivity contribution is 5.85. The number of aryl methyl sites for hydroxylation is 1. The Morgan fingerprint density at radius 1 is 1.40 bits per heavy atom. The van der Waals surface area contributed by atoms with Gasteiger partial charge in [0.2, 0.25) is 5.91 Å². The van der Waals surface area contributed by atoms with E-state index in [1.54, 1.807) is 0 Å². The van der Waals surface area contributed by atoms with Gasteiger partial charge in [-0.05, 0) is 36.5 Å². The zero-order valence-corrected chi connectivity index (χ0v) is 12.4. The number of ether oxygens (including phenoxy) is 1. The van der Waals surface area contributed by atoms with E-state index in [0.29, 0.717) is 30.9 Å². The maximum absolute atomic E-state index is 11.8. The minimum atomic E-state index is 0. The van der Waals surface area contributed by atoms with E-state index in [-0.39, 0.29) is 18.3 Å². The number of hydrogen-bond donors (Lipinski definition) is 2. The lowest BCUT2D eigenvalue weighted by Gasteiger charge is -2.09. The van der Waals surface area contributed by atoms with Gasteiger partial charge in [0.15, 0.2) is 0 Å². The largest absolute Gasteiger partial charge is 0.493 e. The molecule has 1 saturated heterocycles. The first-order chi connectivity index (χ1) is 9.24. The third-order valence-electron chi connectivity index (χ3n) is 4.01. The van der Waals surface area contributed by atoms with E-state index in [2.05, 4.69) is 10.6 Å². The Labute approximate surface area is 125 Å². The number of fused-ring (bicyclic) bond motifs is 1. The van der Waals surface area contributed by atoms with Gasteiger partial charge in [0.05, 0.1) is 13.0 Å². The van der Waals surface area contributed by atoms with Gasteiger partial charge in [0.1, 0.15) is 5.75 Å². The second-order valence-electron chi connectivity index (χ2n) is 5.49. The van der Waals surface area contributed by atoms with Crippen molar-refractivity contribution >= 4 is 18.3 Å². The molecule has 0 radical (unpaired) electrons. The lowest BCUT2D eigenvalue weighted by molar-refractivity contribution is -0.121. The monoisotopic (exact) mass is 296 g/mol. The van der Waals surface area contributed by atoms with Crippen molar-refractivity contribution in [3.05, 3.63) is 29.8 Å². The molecule has 0 spiro atoms. The summed E-state index contributed by atoms with van der Waals surface area (Å²) in [6.07, 6.45) is 0.428. The number of benzene rings is 1. The molecule has 2 atom stereocenters. The predicted octanol–water partition coefficient (Wildman–Crippen LogP) is 1.52. The second kappa shape index (κ2) is 6.46. The van der Waals surface area contributed by atoms with Crippen LogP contribution in [0, 0.1) is 18.8 Å². The van der Waals surface area contributed by atoms with Gasteiger partial charge in [-0.3, -0.25) is 4.79 Å². The number of hydrogen-bond acceptors (Lipinski definition) is 3. The minimum absolute atomic E-state index is 0. The third kappa shape index (κ3) is 3.44. The quantitative estimate of drug-likeness (QED) is 0.866. The van der Waals surface area contributed by atoms with Crippen LogP contribution in [0.2, 0.25) is 0 Å². The number of halogens is 1. The summed E-state index contributed by atoms with van der Waals surface area (Å²) in [6.45, 7) is 4.57. The Hall–Kier alpha value is -1.26. The topological polar surface area (TPSA) is 50.4 Å². The highest BCUT2D eigenvalue weighted by Gasteiger charge is 2.53. The molecule has 2 unspecified atom stereocenters. The molecule has 3 rings (SSSR count). The molecule has 2 N–H and O–H groups in total. The molecule has 5 heteroatoms. The van der Waals surface area contributed by atoms with Crippen molar-refractivity contribution in [3.63, 3.8) is 0 Å². The predicted molar refractivity (Wildman–Crippen MR) is 80.3 cm³/mol. The van der Waals surface area contributed by atoms with E-state index >= 15 is 0 Å². The fourth-order valence-corrected chi connectivity index (χ4v) is 2.86. The lowest BCUT2D eigenvalue weighted by atomic mass is 10.2. The van der Waals surface area contributed by atoms with E-state index in [1.807, 2.05) is 31.2 Å². The fraction of sp³-hybridized carbons (Fsp3) is 0.533. The zero-order chi connectivity index (χ0) is 13.2. The van der Waals surface area contributed by atoms with Crippen LogP contribution in [0.15, 0.2) is 24.3 Å². The molecule has 1 aromatic carbocycles. The van der Waals surface area contributed by atoms with Crippen molar-refractivity contribution in [3.8, 4) is 5.75 Å². The van der Waals surface area contributed by atoms with Gasteiger partial charge in [-0.2, -0.15) is 0 Å². The number of carbonyl (C=O) groups is 1. The first-order valence-corrected chi connectivity index (χ1v) is 6.93. The van der Waals surface area contributed by atoms with Gasteiger partial charge in [-0.25, -0.2) is 0 Å². The number of piperidine rings is 1. The molecular formula is C15H21ClN2O2. The summed E-state index contributed by atoms with van der Waals surface area (Å²) >= 11 is 0. The lowest BCUT2D eigenvalue weighted by Crippen LogP contribution is -2.33. The molecule has 1 saturated carbocycles. The van der Waals surface area contributed by atoms with Crippen LogP contribution in [-0.2, 0) is 4.79 Å². The number of rotatable bonds is 5. The van der Waals surface area contributed by atoms with E-state index in [4.69, 9.17) is 4.74 Å². The molecule has 110 valence electrons. The molecule has 0 bridgehead atoms.